The van der Waals surface area contributed by atoms with Crippen LogP contribution in [0.5, 0.6) is 0 Å². The second-order valence-electron chi connectivity index (χ2n) is 6.29. The van der Waals surface area contributed by atoms with Crippen LogP contribution < -0.4 is 0 Å². The van der Waals surface area contributed by atoms with Gasteiger partial charge in [0.1, 0.15) is 5.58 Å². The van der Waals surface area contributed by atoms with E-state index in [1.165, 1.54) is 0 Å². The third-order valence-corrected chi connectivity index (χ3v) is 5.35. The number of fused-ring (bicyclic) bond motifs is 1. The lowest BCUT2D eigenvalue weighted by Gasteiger charge is -2.31. The van der Waals surface area contributed by atoms with E-state index in [-0.39, 0.29) is 11.9 Å². The number of halogens is 1. The topological polar surface area (TPSA) is 42.7 Å². The zero-order chi connectivity index (χ0) is 16.6. The summed E-state index contributed by atoms with van der Waals surface area (Å²) in [5, 5.41) is 1.71. The van der Waals surface area contributed by atoms with Crippen molar-refractivity contribution in [1.29, 1.82) is 0 Å². The molecule has 1 aromatic heterocycles. The molecule has 1 aliphatic heterocycles. The van der Waals surface area contributed by atoms with E-state index in [0.29, 0.717) is 6.42 Å². The smallest absolute Gasteiger partial charge is 0.227 e. The van der Waals surface area contributed by atoms with E-state index >= 15 is 0 Å². The first-order valence-electron chi connectivity index (χ1n) is 7.98. The van der Waals surface area contributed by atoms with Gasteiger partial charge in [-0.05, 0) is 43.9 Å². The number of carbonyl (C=O) groups is 1. The molecule has 0 atom stereocenters. The van der Waals surface area contributed by atoms with Crippen LogP contribution in [0.15, 0.2) is 16.7 Å². The molecular weight excluding hydrogens is 314 g/mol. The Morgan fingerprint density at radius 1 is 1.35 bits per heavy atom. The molecule has 0 radical (unpaired) electrons. The number of ether oxygens (including phenoxy) is 1. The molecule has 3 rings (SSSR count). The van der Waals surface area contributed by atoms with Gasteiger partial charge >= 0.3 is 0 Å². The summed E-state index contributed by atoms with van der Waals surface area (Å²) in [4.78, 5) is 14.5. The van der Waals surface area contributed by atoms with E-state index in [1.54, 1.807) is 6.26 Å². The van der Waals surface area contributed by atoms with Gasteiger partial charge in [-0.15, -0.1) is 0 Å². The van der Waals surface area contributed by atoms with Gasteiger partial charge < -0.3 is 14.1 Å². The number of aryl methyl sites for hydroxylation is 2. The molecule has 0 saturated carbocycles. The Balaban J connectivity index is 1.83. The van der Waals surface area contributed by atoms with Crippen LogP contribution in [0.2, 0.25) is 5.02 Å². The summed E-state index contributed by atoms with van der Waals surface area (Å²) in [5.74, 6) is 0.107. The zero-order valence-electron chi connectivity index (χ0n) is 13.8. The average Bonchev–Trinajstić information content (AvgIpc) is 2.95. The van der Waals surface area contributed by atoms with E-state index < -0.39 is 0 Å². The Morgan fingerprint density at radius 2 is 2.04 bits per heavy atom. The third-order valence-electron chi connectivity index (χ3n) is 4.77. The summed E-state index contributed by atoms with van der Waals surface area (Å²) in [6.45, 7) is 5.39. The Bertz CT molecular complexity index is 731. The van der Waals surface area contributed by atoms with Crippen LogP contribution in [0.25, 0.3) is 11.0 Å². The van der Waals surface area contributed by atoms with E-state index in [9.17, 15) is 4.79 Å². The van der Waals surface area contributed by atoms with E-state index in [1.807, 2.05) is 31.9 Å². The highest BCUT2D eigenvalue weighted by molar-refractivity contribution is 6.33. The van der Waals surface area contributed by atoms with Gasteiger partial charge in [-0.1, -0.05) is 11.6 Å². The fourth-order valence-corrected chi connectivity index (χ4v) is 3.45. The summed E-state index contributed by atoms with van der Waals surface area (Å²) in [5.41, 5.74) is 3.67. The molecule has 124 valence electrons. The van der Waals surface area contributed by atoms with Gasteiger partial charge in [0.15, 0.2) is 0 Å². The maximum Gasteiger partial charge on any atom is 0.227 e. The van der Waals surface area contributed by atoms with Crippen LogP contribution in [0.4, 0.5) is 0 Å². The van der Waals surface area contributed by atoms with Crippen molar-refractivity contribution in [2.75, 3.05) is 20.3 Å². The van der Waals surface area contributed by atoms with Crippen molar-refractivity contribution in [3.8, 4) is 0 Å². The monoisotopic (exact) mass is 335 g/mol. The molecule has 2 heterocycles. The van der Waals surface area contributed by atoms with Crippen molar-refractivity contribution < 1.29 is 13.9 Å². The second-order valence-corrected chi connectivity index (χ2v) is 6.67. The maximum atomic E-state index is 12.6. The highest BCUT2D eigenvalue weighted by atomic mass is 35.5. The quantitative estimate of drug-likeness (QED) is 0.854. The van der Waals surface area contributed by atoms with Crippen LogP contribution in [0, 0.1) is 13.8 Å². The Hall–Kier alpha value is -1.52. The summed E-state index contributed by atoms with van der Waals surface area (Å²) >= 11 is 6.36. The largest absolute Gasteiger partial charge is 0.464 e. The van der Waals surface area contributed by atoms with Crippen molar-refractivity contribution in [2.45, 2.75) is 39.2 Å². The zero-order valence-corrected chi connectivity index (χ0v) is 14.6. The van der Waals surface area contributed by atoms with Crippen LogP contribution in [-0.2, 0) is 16.0 Å². The normalized spacial score (nSPS) is 16.0. The van der Waals surface area contributed by atoms with Gasteiger partial charge in [0, 0.05) is 42.3 Å². The van der Waals surface area contributed by atoms with Crippen molar-refractivity contribution >= 4 is 28.5 Å². The molecule has 5 heteroatoms. The molecule has 4 nitrogen and oxygen atoms in total. The number of nitrogens with zero attached hydrogens (tertiary/aromatic N) is 1. The molecule has 23 heavy (non-hydrogen) atoms. The number of amides is 1. The molecule has 0 aliphatic carbocycles. The summed E-state index contributed by atoms with van der Waals surface area (Å²) in [6.07, 6.45) is 3.82. The highest BCUT2D eigenvalue weighted by Gasteiger charge is 2.24. The minimum atomic E-state index is 0.107. The molecule has 0 spiro atoms. The van der Waals surface area contributed by atoms with E-state index in [0.717, 1.165) is 58.7 Å². The number of furan rings is 1. The fourth-order valence-electron chi connectivity index (χ4n) is 3.30. The molecule has 0 unspecified atom stereocenters. The first-order valence-corrected chi connectivity index (χ1v) is 8.36. The second kappa shape index (κ2) is 6.54. The highest BCUT2D eigenvalue weighted by Crippen LogP contribution is 2.33. The standard InChI is InChI=1S/C18H22ClNO3/c1-11-8-15-17(12(2)18(11)19)13(10-23-15)9-16(21)20(3)14-4-6-22-7-5-14/h8,10,14H,4-7,9H2,1-3H3. The predicted octanol–water partition coefficient (Wildman–Crippen LogP) is 3.88. The molecule has 1 amide bonds. The van der Waals surface area contributed by atoms with Gasteiger partial charge in [-0.2, -0.15) is 0 Å². The fraction of sp³-hybridized carbons (Fsp3) is 0.500. The SMILES string of the molecule is Cc1cc2occ(CC(=O)N(C)C3CCOCC3)c2c(C)c1Cl. The van der Waals surface area contributed by atoms with Crippen molar-refractivity contribution in [1.82, 2.24) is 4.90 Å². The minimum Gasteiger partial charge on any atom is -0.464 e. The molecule has 1 saturated heterocycles. The molecule has 1 aromatic carbocycles. The van der Waals surface area contributed by atoms with E-state index in [2.05, 4.69) is 0 Å². The number of benzene rings is 1. The number of carbonyl (C=O) groups excluding carboxylic acids is 1. The van der Waals surface area contributed by atoms with E-state index in [4.69, 9.17) is 20.8 Å². The number of hydrogen-bond donors (Lipinski definition) is 0. The molecule has 1 fully saturated rings. The molecule has 2 aromatic rings. The number of hydrogen-bond acceptors (Lipinski definition) is 3. The number of likely N-dealkylation sites (N-methyl/N-ethyl adjacent to an activating group) is 1. The van der Waals surface area contributed by atoms with Crippen LogP contribution in [0.1, 0.15) is 29.5 Å². The van der Waals surface area contributed by atoms with Crippen molar-refractivity contribution in [3.63, 3.8) is 0 Å². The van der Waals surface area contributed by atoms with Gasteiger partial charge in [-0.3, -0.25) is 4.79 Å². The molecule has 0 bridgehead atoms. The lowest BCUT2D eigenvalue weighted by molar-refractivity contribution is -0.132. The molecule has 0 N–H and O–H groups in total. The average molecular weight is 336 g/mol. The minimum absolute atomic E-state index is 0.107. The maximum absolute atomic E-state index is 12.6. The number of rotatable bonds is 3. The Kier molecular flexibility index (Phi) is 4.64. The first-order chi connectivity index (χ1) is 11.0. The molecular formula is C18H22ClNO3. The third kappa shape index (κ3) is 3.10. The first kappa shape index (κ1) is 16.3. The van der Waals surface area contributed by atoms with Gasteiger partial charge in [0.25, 0.3) is 0 Å². The van der Waals surface area contributed by atoms with Gasteiger partial charge in [-0.25, -0.2) is 0 Å². The predicted molar refractivity (Wildman–Crippen MR) is 91.0 cm³/mol. The lowest BCUT2D eigenvalue weighted by Crippen LogP contribution is -2.41. The Labute approximate surface area is 141 Å². The van der Waals surface area contributed by atoms with Crippen molar-refractivity contribution in [3.05, 3.63) is 34.0 Å². The van der Waals surface area contributed by atoms with Crippen LogP contribution in [-0.4, -0.2) is 37.1 Å². The van der Waals surface area contributed by atoms with Crippen LogP contribution in [0.3, 0.4) is 0 Å². The summed E-state index contributed by atoms with van der Waals surface area (Å²) in [7, 11) is 1.88. The van der Waals surface area contributed by atoms with Crippen LogP contribution >= 0.6 is 11.6 Å². The van der Waals surface area contributed by atoms with Gasteiger partial charge in [0.05, 0.1) is 12.7 Å². The Morgan fingerprint density at radius 3 is 2.74 bits per heavy atom. The van der Waals surface area contributed by atoms with Gasteiger partial charge in [0.2, 0.25) is 5.91 Å². The molecule has 1 aliphatic rings. The lowest BCUT2D eigenvalue weighted by atomic mass is 10.0. The summed E-state index contributed by atoms with van der Waals surface area (Å²) in [6, 6.07) is 2.20. The van der Waals surface area contributed by atoms with Crippen molar-refractivity contribution in [2.24, 2.45) is 0 Å². The summed E-state index contributed by atoms with van der Waals surface area (Å²) < 4.78 is 11.0.